The molecule has 2 aromatic carbocycles. The number of carbonyl (C=O) groups is 1. The van der Waals surface area contributed by atoms with Crippen molar-refractivity contribution in [1.29, 1.82) is 5.41 Å². The summed E-state index contributed by atoms with van der Waals surface area (Å²) >= 11 is 1.61. The molecular weight excluding hydrogens is 318 g/mol. The van der Waals surface area contributed by atoms with Crippen molar-refractivity contribution >= 4 is 29.2 Å². The van der Waals surface area contributed by atoms with E-state index in [1.54, 1.807) is 18.0 Å². The van der Waals surface area contributed by atoms with E-state index in [0.29, 0.717) is 5.75 Å². The van der Waals surface area contributed by atoms with Crippen molar-refractivity contribution in [2.24, 2.45) is 0 Å². The van der Waals surface area contributed by atoms with Gasteiger partial charge in [-0.25, -0.2) is 0 Å². The number of nitrogens with one attached hydrogen (secondary N) is 3. The van der Waals surface area contributed by atoms with Gasteiger partial charge in [0.05, 0.1) is 5.92 Å². The minimum absolute atomic E-state index is 0.0606. The van der Waals surface area contributed by atoms with Crippen LogP contribution in [0, 0.1) is 5.41 Å². The molecule has 2 aromatic rings. The lowest BCUT2D eigenvalue weighted by atomic mass is 10.0. The Morgan fingerprint density at radius 3 is 2.38 bits per heavy atom. The Bertz CT molecular complexity index is 686. The van der Waals surface area contributed by atoms with Crippen molar-refractivity contribution in [2.45, 2.75) is 5.92 Å². The van der Waals surface area contributed by atoms with E-state index in [-0.39, 0.29) is 17.7 Å². The summed E-state index contributed by atoms with van der Waals surface area (Å²) in [4.78, 5) is 12.5. The molecule has 1 atom stereocenters. The van der Waals surface area contributed by atoms with Crippen LogP contribution in [0.2, 0.25) is 0 Å². The summed E-state index contributed by atoms with van der Waals surface area (Å²) in [6, 6.07) is 19.3. The lowest BCUT2D eigenvalue weighted by Gasteiger charge is -2.15. The minimum Gasteiger partial charge on any atom is -0.362 e. The van der Waals surface area contributed by atoms with Crippen LogP contribution in [-0.2, 0) is 4.79 Å². The summed E-state index contributed by atoms with van der Waals surface area (Å²) in [5.41, 5.74) is 1.89. The van der Waals surface area contributed by atoms with Gasteiger partial charge in [0.2, 0.25) is 5.91 Å². The highest BCUT2D eigenvalue weighted by Gasteiger charge is 2.20. The largest absolute Gasteiger partial charge is 0.362 e. The molecule has 0 aromatic heterocycles. The summed E-state index contributed by atoms with van der Waals surface area (Å²) in [6.45, 7) is 0. The van der Waals surface area contributed by atoms with Crippen molar-refractivity contribution in [3.8, 4) is 0 Å². The third-order valence-electron chi connectivity index (χ3n) is 3.38. The van der Waals surface area contributed by atoms with E-state index < -0.39 is 0 Å². The zero-order chi connectivity index (χ0) is 17.2. The molecule has 4 nitrogen and oxygen atoms in total. The maximum atomic E-state index is 12.5. The second-order valence-electron chi connectivity index (χ2n) is 5.17. The third-order valence-corrected chi connectivity index (χ3v) is 4.05. The van der Waals surface area contributed by atoms with E-state index in [1.807, 2.05) is 66.9 Å². The second kappa shape index (κ2) is 9.57. The van der Waals surface area contributed by atoms with Crippen LogP contribution in [0.25, 0.3) is 0 Å². The Morgan fingerprint density at radius 2 is 1.75 bits per heavy atom. The first-order chi connectivity index (χ1) is 11.7. The van der Waals surface area contributed by atoms with E-state index in [2.05, 4.69) is 10.6 Å². The molecule has 0 heterocycles. The first-order valence-electron chi connectivity index (χ1n) is 7.62. The average Bonchev–Trinajstić information content (AvgIpc) is 2.61. The number of hydrogen-bond donors (Lipinski definition) is 3. The lowest BCUT2D eigenvalue weighted by Crippen LogP contribution is -2.34. The van der Waals surface area contributed by atoms with Gasteiger partial charge in [0.1, 0.15) is 5.84 Å². The zero-order valence-corrected chi connectivity index (χ0v) is 14.3. The van der Waals surface area contributed by atoms with Gasteiger partial charge in [0.15, 0.2) is 0 Å². The summed E-state index contributed by atoms with van der Waals surface area (Å²) in [5, 5.41) is 13.6. The number of carbonyl (C=O) groups excluding carboxylic acids is 1. The molecule has 0 radical (unpaired) electrons. The van der Waals surface area contributed by atoms with E-state index in [0.717, 1.165) is 11.3 Å². The molecule has 2 rings (SSSR count). The molecular formula is C19H21N3OS. The number of hydrogen-bond acceptors (Lipinski definition) is 4. The number of para-hydroxylation sites is 1. The van der Waals surface area contributed by atoms with Gasteiger partial charge in [-0.3, -0.25) is 10.2 Å². The number of benzene rings is 2. The van der Waals surface area contributed by atoms with E-state index >= 15 is 0 Å². The normalized spacial score (nSPS) is 11.9. The number of amidine groups is 1. The fourth-order valence-electron chi connectivity index (χ4n) is 2.19. The van der Waals surface area contributed by atoms with Crippen LogP contribution in [-0.4, -0.2) is 23.8 Å². The highest BCUT2D eigenvalue weighted by atomic mass is 32.2. The fraction of sp³-hybridized carbons (Fsp3) is 0.158. The summed E-state index contributed by atoms with van der Waals surface area (Å²) in [7, 11) is 0. The molecule has 124 valence electrons. The number of anilines is 1. The van der Waals surface area contributed by atoms with Crippen LogP contribution in [0.4, 0.5) is 5.69 Å². The molecule has 0 saturated carbocycles. The molecule has 0 fully saturated rings. The van der Waals surface area contributed by atoms with Gasteiger partial charge in [-0.1, -0.05) is 48.5 Å². The van der Waals surface area contributed by atoms with Crippen LogP contribution in [0.15, 0.2) is 72.9 Å². The number of amides is 1. The summed E-state index contributed by atoms with van der Waals surface area (Å²) in [6.07, 6.45) is 5.15. The molecule has 3 N–H and O–H groups in total. The maximum absolute atomic E-state index is 12.5. The molecule has 0 saturated heterocycles. The molecule has 5 heteroatoms. The molecule has 1 unspecified atom stereocenters. The monoisotopic (exact) mass is 339 g/mol. The van der Waals surface area contributed by atoms with Crippen LogP contribution >= 0.6 is 11.8 Å². The average molecular weight is 339 g/mol. The van der Waals surface area contributed by atoms with E-state index in [4.69, 9.17) is 5.41 Å². The van der Waals surface area contributed by atoms with E-state index in [1.165, 1.54) is 6.08 Å². The molecule has 0 spiro atoms. The van der Waals surface area contributed by atoms with Gasteiger partial charge in [0, 0.05) is 17.6 Å². The van der Waals surface area contributed by atoms with Crippen molar-refractivity contribution in [3.05, 3.63) is 78.5 Å². The predicted molar refractivity (Wildman–Crippen MR) is 103 cm³/mol. The van der Waals surface area contributed by atoms with Crippen molar-refractivity contribution < 1.29 is 4.79 Å². The summed E-state index contributed by atoms with van der Waals surface area (Å²) < 4.78 is 0. The SMILES string of the molecule is CSCC(C(=O)NC(=N)/C=C\Nc1ccccc1)c1ccccc1. The molecule has 0 aliphatic rings. The zero-order valence-electron chi connectivity index (χ0n) is 13.5. The molecule has 0 aliphatic heterocycles. The van der Waals surface area contributed by atoms with Crippen LogP contribution in [0.5, 0.6) is 0 Å². The molecule has 1 amide bonds. The third kappa shape index (κ3) is 5.59. The van der Waals surface area contributed by atoms with Crippen molar-refractivity contribution in [2.75, 3.05) is 17.3 Å². The first kappa shape index (κ1) is 17.8. The quantitative estimate of drug-likeness (QED) is 0.530. The topological polar surface area (TPSA) is 65.0 Å². The van der Waals surface area contributed by atoms with Gasteiger partial charge in [0.25, 0.3) is 0 Å². The van der Waals surface area contributed by atoms with Gasteiger partial charge >= 0.3 is 0 Å². The standard InChI is InChI=1S/C19H21N3OS/c1-24-14-17(15-8-4-2-5-9-15)19(23)22-18(20)12-13-21-16-10-6-3-7-11-16/h2-13,17,21H,14H2,1H3,(H2,20,22,23)/b13-12-. The van der Waals surface area contributed by atoms with Crippen LogP contribution in [0.1, 0.15) is 11.5 Å². The Balaban J connectivity index is 1.92. The molecule has 24 heavy (non-hydrogen) atoms. The van der Waals surface area contributed by atoms with Crippen LogP contribution < -0.4 is 10.6 Å². The Morgan fingerprint density at radius 1 is 1.12 bits per heavy atom. The first-order valence-corrected chi connectivity index (χ1v) is 9.01. The van der Waals surface area contributed by atoms with Gasteiger partial charge < -0.3 is 10.6 Å². The van der Waals surface area contributed by atoms with Gasteiger partial charge in [-0.2, -0.15) is 11.8 Å². The van der Waals surface area contributed by atoms with Crippen LogP contribution in [0.3, 0.4) is 0 Å². The van der Waals surface area contributed by atoms with Crippen molar-refractivity contribution in [3.63, 3.8) is 0 Å². The smallest absolute Gasteiger partial charge is 0.233 e. The predicted octanol–water partition coefficient (Wildman–Crippen LogP) is 3.85. The number of thioether (sulfide) groups is 1. The Kier molecular flexibility index (Phi) is 7.11. The highest BCUT2D eigenvalue weighted by molar-refractivity contribution is 7.98. The number of rotatable bonds is 7. The highest BCUT2D eigenvalue weighted by Crippen LogP contribution is 2.19. The maximum Gasteiger partial charge on any atom is 0.233 e. The van der Waals surface area contributed by atoms with Gasteiger partial charge in [-0.05, 0) is 30.0 Å². The fourth-order valence-corrected chi connectivity index (χ4v) is 2.87. The minimum atomic E-state index is -0.267. The van der Waals surface area contributed by atoms with Gasteiger partial charge in [-0.15, -0.1) is 0 Å². The molecule has 0 bridgehead atoms. The summed E-state index contributed by atoms with van der Waals surface area (Å²) in [5.74, 6) is 0.308. The lowest BCUT2D eigenvalue weighted by molar-refractivity contribution is -0.120. The van der Waals surface area contributed by atoms with E-state index in [9.17, 15) is 4.79 Å². The van der Waals surface area contributed by atoms with Crippen molar-refractivity contribution in [1.82, 2.24) is 5.32 Å². The second-order valence-corrected chi connectivity index (χ2v) is 6.08. The molecule has 0 aliphatic carbocycles. The Hall–Kier alpha value is -2.53. The Labute approximate surface area is 146 Å².